The Labute approximate surface area is 79.2 Å². The highest BCUT2D eigenvalue weighted by Gasteiger charge is 1.98. The number of nitrogens with zero attached hydrogens (tertiary/aromatic N) is 1. The van der Waals surface area contributed by atoms with Gasteiger partial charge < -0.3 is 5.32 Å². The Morgan fingerprint density at radius 1 is 1.46 bits per heavy atom. The molecule has 1 aromatic rings. The monoisotopic (exact) mass is 174 g/mol. The Bertz CT molecular complexity index is 323. The van der Waals surface area contributed by atoms with Gasteiger partial charge in [0.05, 0.1) is 11.6 Å². The van der Waals surface area contributed by atoms with Gasteiger partial charge in [-0.15, -0.1) is 0 Å². The predicted octanol–water partition coefficient (Wildman–Crippen LogP) is 1.63. The number of hydrogen-bond donors (Lipinski definition) is 1. The maximum Gasteiger partial charge on any atom is 0.0991 e. The van der Waals surface area contributed by atoms with Crippen LogP contribution < -0.4 is 5.32 Å². The zero-order valence-corrected chi connectivity index (χ0v) is 8.09. The third-order valence-electron chi connectivity index (χ3n) is 2.12. The van der Waals surface area contributed by atoms with Gasteiger partial charge in [-0.25, -0.2) is 0 Å². The standard InChI is InChI=1S/C11H14N2/c1-9-7-10(8-12)3-4-11(9)5-6-13-2/h3-4,7,13H,5-6H2,1-2H3. The van der Waals surface area contributed by atoms with E-state index in [1.54, 1.807) is 0 Å². The second-order valence-corrected chi connectivity index (χ2v) is 3.11. The van der Waals surface area contributed by atoms with Gasteiger partial charge in [-0.2, -0.15) is 5.26 Å². The number of likely N-dealkylation sites (N-methyl/N-ethyl adjacent to an activating group) is 1. The third kappa shape index (κ3) is 2.57. The van der Waals surface area contributed by atoms with Crippen molar-refractivity contribution in [3.63, 3.8) is 0 Å². The van der Waals surface area contributed by atoms with E-state index >= 15 is 0 Å². The molecule has 0 radical (unpaired) electrons. The van der Waals surface area contributed by atoms with Crippen LogP contribution in [0.25, 0.3) is 0 Å². The van der Waals surface area contributed by atoms with Crippen molar-refractivity contribution in [1.82, 2.24) is 5.32 Å². The Morgan fingerprint density at radius 3 is 2.77 bits per heavy atom. The molecule has 1 aromatic carbocycles. The highest BCUT2D eigenvalue weighted by atomic mass is 14.8. The van der Waals surface area contributed by atoms with Crippen LogP contribution in [-0.2, 0) is 6.42 Å². The Hall–Kier alpha value is -1.33. The van der Waals surface area contributed by atoms with Gasteiger partial charge in [0.25, 0.3) is 0 Å². The maximum atomic E-state index is 8.67. The lowest BCUT2D eigenvalue weighted by Crippen LogP contribution is -2.10. The zero-order chi connectivity index (χ0) is 9.68. The summed E-state index contributed by atoms with van der Waals surface area (Å²) in [6.45, 7) is 3.03. The van der Waals surface area contributed by atoms with Gasteiger partial charge in [0.2, 0.25) is 0 Å². The first-order valence-electron chi connectivity index (χ1n) is 4.42. The molecule has 0 spiro atoms. The van der Waals surface area contributed by atoms with Crippen molar-refractivity contribution in [3.05, 3.63) is 34.9 Å². The molecule has 0 fully saturated rings. The van der Waals surface area contributed by atoms with Crippen LogP contribution >= 0.6 is 0 Å². The maximum absolute atomic E-state index is 8.67. The van der Waals surface area contributed by atoms with Crippen molar-refractivity contribution in [1.29, 1.82) is 5.26 Å². The molecule has 1 rings (SSSR count). The minimum absolute atomic E-state index is 0.741. The van der Waals surface area contributed by atoms with E-state index in [2.05, 4.69) is 11.4 Å². The average Bonchev–Trinajstić information content (AvgIpc) is 2.16. The highest BCUT2D eigenvalue weighted by Crippen LogP contribution is 2.10. The summed E-state index contributed by atoms with van der Waals surface area (Å²) in [5, 5.41) is 11.8. The summed E-state index contributed by atoms with van der Waals surface area (Å²) in [7, 11) is 1.94. The topological polar surface area (TPSA) is 35.8 Å². The summed E-state index contributed by atoms with van der Waals surface area (Å²) < 4.78 is 0. The third-order valence-corrected chi connectivity index (χ3v) is 2.12. The number of hydrogen-bond acceptors (Lipinski definition) is 2. The molecule has 0 aliphatic carbocycles. The molecule has 0 aliphatic heterocycles. The lowest BCUT2D eigenvalue weighted by atomic mass is 10.0. The van der Waals surface area contributed by atoms with Crippen molar-refractivity contribution in [2.75, 3.05) is 13.6 Å². The van der Waals surface area contributed by atoms with Crippen LogP contribution in [0, 0.1) is 18.3 Å². The normalized spacial score (nSPS) is 9.62. The fourth-order valence-electron chi connectivity index (χ4n) is 1.31. The molecule has 1 N–H and O–H groups in total. The summed E-state index contributed by atoms with van der Waals surface area (Å²) in [6, 6.07) is 7.98. The van der Waals surface area contributed by atoms with E-state index in [0.29, 0.717) is 0 Å². The van der Waals surface area contributed by atoms with E-state index in [9.17, 15) is 0 Å². The summed E-state index contributed by atoms with van der Waals surface area (Å²) in [6.07, 6.45) is 1.02. The van der Waals surface area contributed by atoms with Crippen LogP contribution in [0.2, 0.25) is 0 Å². The van der Waals surface area contributed by atoms with Crippen LogP contribution in [-0.4, -0.2) is 13.6 Å². The fraction of sp³-hybridized carbons (Fsp3) is 0.364. The molecular weight excluding hydrogens is 160 g/mol. The molecular formula is C11H14N2. The Balaban J connectivity index is 2.81. The van der Waals surface area contributed by atoms with Crippen molar-refractivity contribution >= 4 is 0 Å². The van der Waals surface area contributed by atoms with Crippen molar-refractivity contribution < 1.29 is 0 Å². The molecule has 2 nitrogen and oxygen atoms in total. The quantitative estimate of drug-likeness (QED) is 0.756. The Kier molecular flexibility index (Phi) is 3.48. The minimum atomic E-state index is 0.741. The molecule has 2 heteroatoms. The van der Waals surface area contributed by atoms with Gasteiger partial charge in [-0.05, 0) is 50.2 Å². The van der Waals surface area contributed by atoms with E-state index in [-0.39, 0.29) is 0 Å². The SMILES string of the molecule is CNCCc1ccc(C#N)cc1C. The molecule has 0 atom stereocenters. The molecule has 0 saturated heterocycles. The van der Waals surface area contributed by atoms with Crippen LogP contribution in [0.4, 0.5) is 0 Å². The minimum Gasteiger partial charge on any atom is -0.319 e. The van der Waals surface area contributed by atoms with Gasteiger partial charge in [-0.3, -0.25) is 0 Å². The van der Waals surface area contributed by atoms with Crippen molar-refractivity contribution in [2.45, 2.75) is 13.3 Å². The molecule has 0 saturated carbocycles. The first-order chi connectivity index (χ1) is 6.27. The van der Waals surface area contributed by atoms with Gasteiger partial charge in [0.15, 0.2) is 0 Å². The first-order valence-corrected chi connectivity index (χ1v) is 4.42. The molecule has 0 bridgehead atoms. The van der Waals surface area contributed by atoms with E-state index in [1.165, 1.54) is 11.1 Å². The highest BCUT2D eigenvalue weighted by molar-refractivity contribution is 5.37. The van der Waals surface area contributed by atoms with Crippen molar-refractivity contribution in [2.24, 2.45) is 0 Å². The number of nitrogens with one attached hydrogen (secondary N) is 1. The summed E-state index contributed by atoms with van der Waals surface area (Å²) in [5.74, 6) is 0. The number of nitriles is 1. The second-order valence-electron chi connectivity index (χ2n) is 3.11. The Morgan fingerprint density at radius 2 is 2.23 bits per heavy atom. The van der Waals surface area contributed by atoms with E-state index in [0.717, 1.165) is 18.5 Å². The van der Waals surface area contributed by atoms with Crippen LogP contribution in [0.15, 0.2) is 18.2 Å². The van der Waals surface area contributed by atoms with Crippen LogP contribution in [0.1, 0.15) is 16.7 Å². The first kappa shape index (κ1) is 9.76. The molecule has 13 heavy (non-hydrogen) atoms. The van der Waals surface area contributed by atoms with Crippen LogP contribution in [0.5, 0.6) is 0 Å². The van der Waals surface area contributed by atoms with Gasteiger partial charge in [0, 0.05) is 0 Å². The molecule has 0 heterocycles. The van der Waals surface area contributed by atoms with Gasteiger partial charge >= 0.3 is 0 Å². The largest absolute Gasteiger partial charge is 0.319 e. The fourth-order valence-corrected chi connectivity index (χ4v) is 1.31. The lowest BCUT2D eigenvalue weighted by molar-refractivity contribution is 0.788. The predicted molar refractivity (Wildman–Crippen MR) is 53.5 cm³/mol. The average molecular weight is 174 g/mol. The smallest absolute Gasteiger partial charge is 0.0991 e. The van der Waals surface area contributed by atoms with Gasteiger partial charge in [0.1, 0.15) is 0 Å². The summed E-state index contributed by atoms with van der Waals surface area (Å²) >= 11 is 0. The van der Waals surface area contributed by atoms with E-state index in [1.807, 2.05) is 32.2 Å². The lowest BCUT2D eigenvalue weighted by Gasteiger charge is -2.04. The number of rotatable bonds is 3. The second kappa shape index (κ2) is 4.64. The van der Waals surface area contributed by atoms with Gasteiger partial charge in [-0.1, -0.05) is 6.07 Å². The molecule has 0 aromatic heterocycles. The molecule has 0 aliphatic rings. The summed E-state index contributed by atoms with van der Waals surface area (Å²) in [5.41, 5.74) is 3.26. The summed E-state index contributed by atoms with van der Waals surface area (Å²) in [4.78, 5) is 0. The van der Waals surface area contributed by atoms with E-state index < -0.39 is 0 Å². The number of aryl methyl sites for hydroxylation is 1. The van der Waals surface area contributed by atoms with Crippen molar-refractivity contribution in [3.8, 4) is 6.07 Å². The molecule has 68 valence electrons. The number of benzene rings is 1. The van der Waals surface area contributed by atoms with E-state index in [4.69, 9.17) is 5.26 Å². The zero-order valence-electron chi connectivity index (χ0n) is 8.09. The molecule has 0 amide bonds. The van der Waals surface area contributed by atoms with Crippen LogP contribution in [0.3, 0.4) is 0 Å². The molecule has 0 unspecified atom stereocenters.